The van der Waals surface area contributed by atoms with Crippen molar-refractivity contribution in [3.63, 3.8) is 0 Å². The average Bonchev–Trinajstić information content (AvgIpc) is 2.02. The SMILES string of the molecule is O=C(O)C1CC(CO)(CO[N+](=O)[O-])C1. The van der Waals surface area contributed by atoms with E-state index in [1.54, 1.807) is 0 Å². The zero-order valence-corrected chi connectivity index (χ0v) is 7.38. The molecular weight excluding hydrogens is 194 g/mol. The Morgan fingerprint density at radius 2 is 2.21 bits per heavy atom. The largest absolute Gasteiger partial charge is 0.481 e. The van der Waals surface area contributed by atoms with Gasteiger partial charge in [-0.25, -0.2) is 0 Å². The van der Waals surface area contributed by atoms with Crippen molar-refractivity contribution in [2.24, 2.45) is 11.3 Å². The van der Waals surface area contributed by atoms with Gasteiger partial charge in [-0.05, 0) is 12.8 Å². The highest BCUT2D eigenvalue weighted by Crippen LogP contribution is 2.45. The van der Waals surface area contributed by atoms with Crippen LogP contribution in [0.25, 0.3) is 0 Å². The van der Waals surface area contributed by atoms with Crippen LogP contribution in [0.15, 0.2) is 0 Å². The van der Waals surface area contributed by atoms with E-state index < -0.39 is 22.4 Å². The van der Waals surface area contributed by atoms with Crippen molar-refractivity contribution in [1.82, 2.24) is 0 Å². The summed E-state index contributed by atoms with van der Waals surface area (Å²) in [5.41, 5.74) is -0.740. The Morgan fingerprint density at radius 1 is 1.64 bits per heavy atom. The second-order valence-corrected chi connectivity index (χ2v) is 3.60. The maximum Gasteiger partial charge on any atom is 0.306 e. The van der Waals surface area contributed by atoms with E-state index in [-0.39, 0.29) is 26.1 Å². The number of hydrogen-bond acceptors (Lipinski definition) is 5. The van der Waals surface area contributed by atoms with Gasteiger partial charge in [-0.15, -0.1) is 10.1 Å². The van der Waals surface area contributed by atoms with Gasteiger partial charge in [0, 0.05) is 5.41 Å². The Hall–Kier alpha value is -1.37. The zero-order chi connectivity index (χ0) is 10.8. The summed E-state index contributed by atoms with van der Waals surface area (Å²) in [5.74, 6) is -1.45. The Balaban J connectivity index is 2.40. The van der Waals surface area contributed by atoms with Gasteiger partial charge in [0.15, 0.2) is 0 Å². The molecule has 0 amide bonds. The zero-order valence-electron chi connectivity index (χ0n) is 7.38. The molecule has 7 nitrogen and oxygen atoms in total. The number of carboxylic acid groups (broad SMARTS) is 1. The molecule has 2 N–H and O–H groups in total. The molecule has 0 radical (unpaired) electrons. The first-order valence-corrected chi connectivity index (χ1v) is 4.10. The fourth-order valence-electron chi connectivity index (χ4n) is 1.64. The van der Waals surface area contributed by atoms with E-state index in [4.69, 9.17) is 10.2 Å². The monoisotopic (exact) mass is 205 g/mol. The third kappa shape index (κ3) is 2.11. The van der Waals surface area contributed by atoms with Crippen LogP contribution in [-0.4, -0.2) is 34.5 Å². The molecule has 7 heteroatoms. The number of aliphatic hydroxyl groups is 1. The molecule has 14 heavy (non-hydrogen) atoms. The predicted octanol–water partition coefficient (Wildman–Crippen LogP) is -0.332. The lowest BCUT2D eigenvalue weighted by Gasteiger charge is -2.43. The third-order valence-corrected chi connectivity index (χ3v) is 2.52. The summed E-state index contributed by atoms with van der Waals surface area (Å²) in [6.45, 7) is -0.523. The molecule has 0 heterocycles. The van der Waals surface area contributed by atoms with Gasteiger partial charge in [-0.3, -0.25) is 4.79 Å². The molecule has 0 aromatic rings. The second kappa shape index (κ2) is 3.79. The van der Waals surface area contributed by atoms with Crippen LogP contribution in [0.3, 0.4) is 0 Å². The summed E-state index contributed by atoms with van der Waals surface area (Å²) in [5, 5.41) is 26.5. The van der Waals surface area contributed by atoms with Crippen LogP contribution in [0, 0.1) is 21.4 Å². The molecule has 0 aliphatic heterocycles. The molecule has 0 bridgehead atoms. The third-order valence-electron chi connectivity index (χ3n) is 2.52. The maximum atomic E-state index is 10.5. The van der Waals surface area contributed by atoms with E-state index in [0.717, 1.165) is 0 Å². The van der Waals surface area contributed by atoms with E-state index in [1.807, 2.05) is 0 Å². The minimum Gasteiger partial charge on any atom is -0.481 e. The maximum absolute atomic E-state index is 10.5. The van der Waals surface area contributed by atoms with Gasteiger partial charge in [-0.1, -0.05) is 0 Å². The van der Waals surface area contributed by atoms with E-state index in [2.05, 4.69) is 4.84 Å². The minimum atomic E-state index is -0.939. The minimum absolute atomic E-state index is 0.229. The van der Waals surface area contributed by atoms with Gasteiger partial charge in [0.05, 0.1) is 12.5 Å². The van der Waals surface area contributed by atoms with Crippen LogP contribution in [0.1, 0.15) is 12.8 Å². The van der Waals surface area contributed by atoms with E-state index in [9.17, 15) is 14.9 Å². The summed E-state index contributed by atoms with van der Waals surface area (Å²) in [6.07, 6.45) is 0.458. The van der Waals surface area contributed by atoms with Crippen molar-refractivity contribution in [1.29, 1.82) is 0 Å². The van der Waals surface area contributed by atoms with Gasteiger partial charge in [-0.2, -0.15) is 0 Å². The van der Waals surface area contributed by atoms with Gasteiger partial charge in [0.1, 0.15) is 6.61 Å². The molecule has 0 saturated heterocycles. The Morgan fingerprint density at radius 3 is 2.57 bits per heavy atom. The quantitative estimate of drug-likeness (QED) is 0.469. The number of aliphatic carboxylic acids is 1. The average molecular weight is 205 g/mol. The Kier molecular flexibility index (Phi) is 2.90. The van der Waals surface area contributed by atoms with Crippen LogP contribution in [0.4, 0.5) is 0 Å². The number of carbonyl (C=O) groups is 1. The Labute approximate surface area is 79.4 Å². The van der Waals surface area contributed by atoms with Crippen LogP contribution in [0.2, 0.25) is 0 Å². The lowest BCUT2D eigenvalue weighted by Crippen LogP contribution is -2.47. The second-order valence-electron chi connectivity index (χ2n) is 3.60. The normalized spacial score (nSPS) is 30.5. The van der Waals surface area contributed by atoms with Crippen molar-refractivity contribution >= 4 is 5.97 Å². The first-order valence-electron chi connectivity index (χ1n) is 4.10. The highest BCUT2D eigenvalue weighted by Gasteiger charge is 2.47. The van der Waals surface area contributed by atoms with Gasteiger partial charge >= 0.3 is 5.97 Å². The lowest BCUT2D eigenvalue weighted by atomic mass is 9.63. The summed E-state index contributed by atoms with van der Waals surface area (Å²) >= 11 is 0. The molecule has 1 saturated carbocycles. The van der Waals surface area contributed by atoms with E-state index in [1.165, 1.54) is 0 Å². The highest BCUT2D eigenvalue weighted by atomic mass is 16.9. The fraction of sp³-hybridized carbons (Fsp3) is 0.857. The van der Waals surface area contributed by atoms with Crippen molar-refractivity contribution in [3.8, 4) is 0 Å². The smallest absolute Gasteiger partial charge is 0.306 e. The molecule has 1 fully saturated rings. The van der Waals surface area contributed by atoms with Crippen molar-refractivity contribution < 1.29 is 24.9 Å². The predicted molar refractivity (Wildman–Crippen MR) is 42.8 cm³/mol. The molecule has 0 aromatic carbocycles. The van der Waals surface area contributed by atoms with Crippen LogP contribution in [-0.2, 0) is 9.63 Å². The van der Waals surface area contributed by atoms with E-state index in [0.29, 0.717) is 0 Å². The van der Waals surface area contributed by atoms with Gasteiger partial charge < -0.3 is 15.1 Å². The number of aliphatic hydroxyl groups excluding tert-OH is 1. The summed E-state index contributed by atoms with van der Waals surface area (Å²) in [4.78, 5) is 24.5. The molecule has 0 spiro atoms. The molecule has 80 valence electrons. The van der Waals surface area contributed by atoms with Gasteiger partial charge in [0.2, 0.25) is 0 Å². The molecular formula is C7H11NO6. The number of carboxylic acids is 1. The van der Waals surface area contributed by atoms with Crippen molar-refractivity contribution in [2.45, 2.75) is 12.8 Å². The molecule has 0 unspecified atom stereocenters. The number of nitrogens with zero attached hydrogens (tertiary/aromatic N) is 1. The molecule has 0 atom stereocenters. The first kappa shape index (κ1) is 10.7. The topological polar surface area (TPSA) is 110 Å². The molecule has 0 aromatic heterocycles. The van der Waals surface area contributed by atoms with Crippen LogP contribution in [0.5, 0.6) is 0 Å². The standard InChI is InChI=1S/C7H11NO6/c9-3-7(4-14-8(12)13)1-5(2-7)6(10)11/h5,9H,1-4H2,(H,10,11). The summed E-state index contributed by atoms with van der Waals surface area (Å²) in [6, 6.07) is 0. The summed E-state index contributed by atoms with van der Waals surface area (Å²) in [7, 11) is 0. The molecule has 1 rings (SSSR count). The van der Waals surface area contributed by atoms with E-state index >= 15 is 0 Å². The Bertz CT molecular complexity index is 241. The first-order chi connectivity index (χ1) is 6.49. The number of hydrogen-bond donors (Lipinski definition) is 2. The van der Waals surface area contributed by atoms with Crippen molar-refractivity contribution in [2.75, 3.05) is 13.2 Å². The van der Waals surface area contributed by atoms with Crippen LogP contribution >= 0.6 is 0 Å². The highest BCUT2D eigenvalue weighted by molar-refractivity contribution is 5.71. The molecule has 1 aliphatic carbocycles. The fourth-order valence-corrected chi connectivity index (χ4v) is 1.64. The summed E-state index contributed by atoms with van der Waals surface area (Å²) < 4.78 is 0. The number of rotatable bonds is 5. The molecule has 1 aliphatic rings. The van der Waals surface area contributed by atoms with Crippen molar-refractivity contribution in [3.05, 3.63) is 10.1 Å². The van der Waals surface area contributed by atoms with Gasteiger partial charge in [0.25, 0.3) is 5.09 Å². The van der Waals surface area contributed by atoms with Crippen LogP contribution < -0.4 is 0 Å². The lowest BCUT2D eigenvalue weighted by molar-refractivity contribution is -0.761.